The Balaban J connectivity index is 2.28. The maximum Gasteiger partial charge on any atom is 0.292 e. The number of benzene rings is 2. The van der Waals surface area contributed by atoms with Gasteiger partial charge in [0.15, 0.2) is 0 Å². The van der Waals surface area contributed by atoms with Crippen molar-refractivity contribution in [1.29, 1.82) is 0 Å². The van der Waals surface area contributed by atoms with E-state index >= 15 is 0 Å². The predicted molar refractivity (Wildman–Crippen MR) is 107 cm³/mol. The summed E-state index contributed by atoms with van der Waals surface area (Å²) >= 11 is 0. The summed E-state index contributed by atoms with van der Waals surface area (Å²) in [5.74, 6) is -0.0891. The van der Waals surface area contributed by atoms with Crippen molar-refractivity contribution in [3.63, 3.8) is 0 Å². The van der Waals surface area contributed by atoms with Gasteiger partial charge in [0.2, 0.25) is 0 Å². The van der Waals surface area contributed by atoms with E-state index in [1.165, 1.54) is 25.5 Å². The molecule has 0 radical (unpaired) electrons. The highest BCUT2D eigenvalue weighted by Gasteiger charge is 2.42. The molecule has 6 nitrogen and oxygen atoms in total. The number of anilines is 2. The molecule has 148 valence electrons. The van der Waals surface area contributed by atoms with Gasteiger partial charge < -0.3 is 14.4 Å². The van der Waals surface area contributed by atoms with E-state index in [1.54, 1.807) is 24.3 Å². The number of hydrogen-bond acceptors (Lipinski definition) is 5. The topological polar surface area (TPSA) is 64.8 Å². The second kappa shape index (κ2) is 7.50. The third-order valence-corrected chi connectivity index (χ3v) is 4.84. The van der Waals surface area contributed by atoms with Gasteiger partial charge in [-0.05, 0) is 24.6 Å². The Morgan fingerprint density at radius 3 is 2.71 bits per heavy atom. The fourth-order valence-electron chi connectivity index (χ4n) is 3.72. The molecular formula is C21H23FN2O4. The van der Waals surface area contributed by atoms with E-state index < -0.39 is 16.2 Å². The monoisotopic (exact) mass is 386 g/mol. The van der Waals surface area contributed by atoms with Crippen LogP contribution in [0.5, 0.6) is 5.75 Å². The van der Waals surface area contributed by atoms with E-state index in [0.717, 1.165) is 5.56 Å². The molecule has 0 N–H and O–H groups in total. The second-order valence-electron chi connectivity index (χ2n) is 7.17. The van der Waals surface area contributed by atoms with E-state index in [0.29, 0.717) is 35.8 Å². The van der Waals surface area contributed by atoms with Gasteiger partial charge in [-0.25, -0.2) is 4.39 Å². The van der Waals surface area contributed by atoms with Gasteiger partial charge >= 0.3 is 0 Å². The van der Waals surface area contributed by atoms with E-state index in [1.807, 2.05) is 25.7 Å². The normalized spacial score (nSPS) is 15.0. The molecule has 28 heavy (non-hydrogen) atoms. The largest absolute Gasteiger partial charge is 0.501 e. The summed E-state index contributed by atoms with van der Waals surface area (Å²) < 4.78 is 25.6. The number of nitro benzene ring substituents is 1. The fourth-order valence-corrected chi connectivity index (χ4v) is 3.72. The molecule has 0 saturated carbocycles. The maximum atomic E-state index is 14.9. The zero-order chi connectivity index (χ0) is 20.5. The number of fused-ring (bicyclic) bond motifs is 1. The summed E-state index contributed by atoms with van der Waals surface area (Å²) in [7, 11) is 1.47. The number of nitrogens with zero attached hydrogens (tertiary/aromatic N) is 2. The summed E-state index contributed by atoms with van der Waals surface area (Å²) in [4.78, 5) is 13.0. The Bertz CT molecular complexity index is 940. The molecule has 0 aliphatic carbocycles. The van der Waals surface area contributed by atoms with Crippen LogP contribution in [0.4, 0.5) is 21.5 Å². The van der Waals surface area contributed by atoms with Crippen LogP contribution in [-0.2, 0) is 10.2 Å². The highest BCUT2D eigenvalue weighted by Crippen LogP contribution is 2.53. The van der Waals surface area contributed by atoms with Crippen LogP contribution in [0.2, 0.25) is 0 Å². The number of ether oxygens (including phenoxy) is 2. The SMILES string of the molecule is CCOC=Cc1c(F)cc(OC)c2c1C(C)(C)CN2c1ccccc1[N+](=O)[O-]. The molecule has 1 heterocycles. The van der Waals surface area contributed by atoms with Gasteiger partial charge in [0.05, 0.1) is 30.6 Å². The van der Waals surface area contributed by atoms with Crippen molar-refractivity contribution in [3.8, 4) is 5.75 Å². The van der Waals surface area contributed by atoms with Crippen LogP contribution in [0.1, 0.15) is 31.9 Å². The summed E-state index contributed by atoms with van der Waals surface area (Å²) in [6.45, 7) is 6.74. The van der Waals surface area contributed by atoms with E-state index in [-0.39, 0.29) is 5.69 Å². The van der Waals surface area contributed by atoms with Crippen LogP contribution in [0.3, 0.4) is 0 Å². The maximum absolute atomic E-state index is 14.9. The molecule has 3 rings (SSSR count). The summed E-state index contributed by atoms with van der Waals surface area (Å²) in [6, 6.07) is 7.85. The Labute approximate surface area is 163 Å². The van der Waals surface area contributed by atoms with Gasteiger partial charge in [-0.2, -0.15) is 0 Å². The number of methoxy groups -OCH3 is 1. The van der Waals surface area contributed by atoms with Gasteiger partial charge in [-0.1, -0.05) is 26.0 Å². The molecule has 0 atom stereocenters. The Kier molecular flexibility index (Phi) is 5.27. The van der Waals surface area contributed by atoms with E-state index in [2.05, 4.69) is 0 Å². The van der Waals surface area contributed by atoms with Gasteiger partial charge in [-0.3, -0.25) is 10.1 Å². The van der Waals surface area contributed by atoms with Crippen molar-refractivity contribution in [1.82, 2.24) is 0 Å². The summed E-state index contributed by atoms with van der Waals surface area (Å²) in [5, 5.41) is 11.6. The zero-order valence-electron chi connectivity index (χ0n) is 16.4. The van der Waals surface area contributed by atoms with Crippen LogP contribution < -0.4 is 9.64 Å². The molecule has 0 saturated heterocycles. The van der Waals surface area contributed by atoms with Gasteiger partial charge in [0, 0.05) is 29.7 Å². The first kappa shape index (κ1) is 19.7. The smallest absolute Gasteiger partial charge is 0.292 e. The first-order chi connectivity index (χ1) is 13.3. The minimum Gasteiger partial charge on any atom is -0.501 e. The van der Waals surface area contributed by atoms with Crippen molar-refractivity contribution in [2.24, 2.45) is 0 Å². The van der Waals surface area contributed by atoms with Crippen LogP contribution in [-0.4, -0.2) is 25.2 Å². The standard InChI is InChI=1S/C21H23FN2O4/c1-5-28-11-10-14-15(22)12-18(27-4)20-19(14)21(2,3)13-23(20)16-8-6-7-9-17(16)24(25)26/h6-12H,5,13H2,1-4H3. The lowest BCUT2D eigenvalue weighted by atomic mass is 9.83. The third-order valence-electron chi connectivity index (χ3n) is 4.84. The highest BCUT2D eigenvalue weighted by atomic mass is 19.1. The number of rotatable bonds is 6. The van der Waals surface area contributed by atoms with Gasteiger partial charge in [-0.15, -0.1) is 0 Å². The lowest BCUT2D eigenvalue weighted by molar-refractivity contribution is -0.384. The zero-order valence-corrected chi connectivity index (χ0v) is 16.4. The Hall–Kier alpha value is -3.09. The molecule has 0 spiro atoms. The van der Waals surface area contributed by atoms with Gasteiger partial charge in [0.25, 0.3) is 5.69 Å². The van der Waals surface area contributed by atoms with Crippen molar-refractivity contribution in [3.05, 3.63) is 63.7 Å². The van der Waals surface area contributed by atoms with Crippen LogP contribution in [0.25, 0.3) is 6.08 Å². The Morgan fingerprint density at radius 2 is 2.07 bits per heavy atom. The Morgan fingerprint density at radius 1 is 1.36 bits per heavy atom. The second-order valence-corrected chi connectivity index (χ2v) is 7.17. The summed E-state index contributed by atoms with van der Waals surface area (Å²) in [6.07, 6.45) is 3.07. The van der Waals surface area contributed by atoms with Crippen LogP contribution in [0.15, 0.2) is 36.6 Å². The minimum absolute atomic E-state index is 0.0102. The van der Waals surface area contributed by atoms with Gasteiger partial charge in [0.1, 0.15) is 17.3 Å². The lowest BCUT2D eigenvalue weighted by Gasteiger charge is -2.22. The molecular weight excluding hydrogens is 363 g/mol. The van der Waals surface area contributed by atoms with Crippen molar-refractivity contribution in [2.45, 2.75) is 26.2 Å². The molecule has 2 aromatic rings. The molecule has 0 aromatic heterocycles. The third kappa shape index (κ3) is 3.28. The lowest BCUT2D eigenvalue weighted by Crippen LogP contribution is -2.25. The quantitative estimate of drug-likeness (QED) is 0.389. The van der Waals surface area contributed by atoms with Crippen molar-refractivity contribution in [2.75, 3.05) is 25.2 Å². The molecule has 7 heteroatoms. The molecule has 1 aliphatic rings. The van der Waals surface area contributed by atoms with E-state index in [9.17, 15) is 14.5 Å². The molecule has 2 aromatic carbocycles. The highest BCUT2D eigenvalue weighted by molar-refractivity contribution is 5.85. The van der Waals surface area contributed by atoms with E-state index in [4.69, 9.17) is 9.47 Å². The minimum atomic E-state index is -0.472. The first-order valence-corrected chi connectivity index (χ1v) is 9.02. The average Bonchev–Trinajstić information content (AvgIpc) is 2.94. The number of nitro groups is 1. The average molecular weight is 386 g/mol. The van der Waals surface area contributed by atoms with Crippen molar-refractivity contribution < 1.29 is 18.8 Å². The predicted octanol–water partition coefficient (Wildman–Crippen LogP) is 5.18. The van der Waals surface area contributed by atoms with Crippen molar-refractivity contribution >= 4 is 23.1 Å². The van der Waals surface area contributed by atoms with Crippen LogP contribution >= 0.6 is 0 Å². The number of hydrogen-bond donors (Lipinski definition) is 0. The molecule has 0 bridgehead atoms. The molecule has 0 amide bonds. The molecule has 0 unspecified atom stereocenters. The molecule has 1 aliphatic heterocycles. The first-order valence-electron chi connectivity index (χ1n) is 9.02. The fraction of sp³-hybridized carbons (Fsp3) is 0.333. The summed E-state index contributed by atoms with van der Waals surface area (Å²) in [5.41, 5.74) is 1.74. The number of halogens is 1. The number of para-hydroxylation sites is 2. The molecule has 0 fully saturated rings. The van der Waals surface area contributed by atoms with Crippen LogP contribution in [0, 0.1) is 15.9 Å².